The number of nitrogens with one attached hydrogen (secondary N) is 1. The number of aromatic nitrogens is 1. The molecule has 2 heterocycles. The van der Waals surface area contributed by atoms with E-state index in [1.165, 1.54) is 0 Å². The van der Waals surface area contributed by atoms with Gasteiger partial charge in [-0.05, 0) is 25.8 Å². The van der Waals surface area contributed by atoms with E-state index in [0.717, 1.165) is 30.8 Å². The van der Waals surface area contributed by atoms with Crippen LogP contribution in [0.2, 0.25) is 0 Å². The second-order valence-corrected chi connectivity index (χ2v) is 4.95. The minimum atomic E-state index is -0.0331. The lowest BCUT2D eigenvalue weighted by atomic mass is 9.90. The summed E-state index contributed by atoms with van der Waals surface area (Å²) in [6.45, 7) is 7.44. The first-order chi connectivity index (χ1) is 8.56. The van der Waals surface area contributed by atoms with Gasteiger partial charge in [-0.15, -0.1) is 0 Å². The van der Waals surface area contributed by atoms with Crippen LogP contribution in [0.25, 0.3) is 0 Å². The molecule has 2 aliphatic rings. The molecule has 0 atom stereocenters. The minimum absolute atomic E-state index is 0.00745. The summed E-state index contributed by atoms with van der Waals surface area (Å²) in [5.74, 6) is -0.0256. The van der Waals surface area contributed by atoms with Crippen molar-refractivity contribution in [2.24, 2.45) is 0 Å². The Bertz CT molecular complexity index is 604. The molecule has 1 fully saturated rings. The van der Waals surface area contributed by atoms with Crippen molar-refractivity contribution in [2.75, 3.05) is 13.1 Å². The zero-order chi connectivity index (χ0) is 13.0. The highest BCUT2D eigenvalue weighted by molar-refractivity contribution is 6.26. The van der Waals surface area contributed by atoms with Gasteiger partial charge >= 0.3 is 0 Å². The number of ketones is 2. The van der Waals surface area contributed by atoms with Crippen LogP contribution in [-0.2, 0) is 6.42 Å². The SMILES string of the molecule is CCc1[nH]c2c(c1C)C(=O)C(N1CC1)=C(C)C2=O. The number of rotatable bonds is 2. The van der Waals surface area contributed by atoms with Crippen molar-refractivity contribution in [3.63, 3.8) is 0 Å². The van der Waals surface area contributed by atoms with Gasteiger partial charge in [-0.1, -0.05) is 6.92 Å². The Labute approximate surface area is 106 Å². The summed E-state index contributed by atoms with van der Waals surface area (Å²) >= 11 is 0. The second-order valence-electron chi connectivity index (χ2n) is 4.95. The van der Waals surface area contributed by atoms with Crippen LogP contribution >= 0.6 is 0 Å². The van der Waals surface area contributed by atoms with Crippen LogP contribution in [0.4, 0.5) is 0 Å². The molecule has 94 valence electrons. The number of carbonyl (C=O) groups excluding carboxylic acids is 2. The van der Waals surface area contributed by atoms with Crippen molar-refractivity contribution in [1.29, 1.82) is 0 Å². The molecular weight excluding hydrogens is 228 g/mol. The number of nitrogens with zero attached hydrogens (tertiary/aromatic N) is 1. The summed E-state index contributed by atoms with van der Waals surface area (Å²) in [6, 6.07) is 0. The van der Waals surface area contributed by atoms with E-state index >= 15 is 0 Å². The van der Waals surface area contributed by atoms with Crippen LogP contribution in [-0.4, -0.2) is 34.5 Å². The highest BCUT2D eigenvalue weighted by Crippen LogP contribution is 2.33. The minimum Gasteiger partial charge on any atom is -0.364 e. The summed E-state index contributed by atoms with van der Waals surface area (Å²) < 4.78 is 0. The molecule has 0 bridgehead atoms. The third kappa shape index (κ3) is 1.32. The van der Waals surface area contributed by atoms with Gasteiger partial charge in [-0.3, -0.25) is 9.59 Å². The summed E-state index contributed by atoms with van der Waals surface area (Å²) in [7, 11) is 0. The van der Waals surface area contributed by atoms with E-state index in [9.17, 15) is 9.59 Å². The number of aryl methyl sites for hydroxylation is 1. The van der Waals surface area contributed by atoms with Crippen LogP contribution in [0.3, 0.4) is 0 Å². The molecule has 0 aromatic carbocycles. The first-order valence-electron chi connectivity index (χ1n) is 6.32. The van der Waals surface area contributed by atoms with Gasteiger partial charge in [0.1, 0.15) is 0 Å². The van der Waals surface area contributed by atoms with E-state index in [-0.39, 0.29) is 11.6 Å². The number of allylic oxidation sites excluding steroid dienone is 2. The van der Waals surface area contributed by atoms with Crippen LogP contribution in [0.5, 0.6) is 0 Å². The van der Waals surface area contributed by atoms with E-state index < -0.39 is 0 Å². The van der Waals surface area contributed by atoms with Crippen LogP contribution < -0.4 is 0 Å². The second kappa shape index (κ2) is 3.57. The van der Waals surface area contributed by atoms with Gasteiger partial charge < -0.3 is 9.88 Å². The number of H-pyrrole nitrogens is 1. The lowest BCUT2D eigenvalue weighted by Gasteiger charge is -2.17. The third-order valence-electron chi connectivity index (χ3n) is 3.84. The van der Waals surface area contributed by atoms with Crippen molar-refractivity contribution >= 4 is 11.6 Å². The Morgan fingerprint density at radius 2 is 1.83 bits per heavy atom. The zero-order valence-corrected chi connectivity index (χ0v) is 10.9. The molecule has 1 saturated heterocycles. The Kier molecular flexibility index (Phi) is 2.24. The number of carbonyl (C=O) groups is 2. The molecule has 4 heteroatoms. The molecule has 0 unspecified atom stereocenters. The Morgan fingerprint density at radius 1 is 1.17 bits per heavy atom. The van der Waals surface area contributed by atoms with E-state index in [2.05, 4.69) is 4.98 Å². The number of fused-ring (bicyclic) bond motifs is 1. The van der Waals surface area contributed by atoms with Gasteiger partial charge in [0.2, 0.25) is 11.6 Å². The highest BCUT2D eigenvalue weighted by atomic mass is 16.1. The molecular formula is C14H16N2O2. The maximum Gasteiger partial charge on any atom is 0.212 e. The predicted molar refractivity (Wildman–Crippen MR) is 67.8 cm³/mol. The topological polar surface area (TPSA) is 52.9 Å². The third-order valence-corrected chi connectivity index (χ3v) is 3.84. The Balaban J connectivity index is 2.21. The first kappa shape index (κ1) is 11.3. The predicted octanol–water partition coefficient (Wildman–Crippen LogP) is 1.85. The first-order valence-corrected chi connectivity index (χ1v) is 6.32. The van der Waals surface area contributed by atoms with Gasteiger partial charge in [-0.2, -0.15) is 0 Å². The maximum atomic E-state index is 12.5. The fraction of sp³-hybridized carbons (Fsp3) is 0.429. The number of hydrogen-bond donors (Lipinski definition) is 1. The van der Waals surface area contributed by atoms with Gasteiger partial charge in [-0.25, -0.2) is 0 Å². The summed E-state index contributed by atoms with van der Waals surface area (Å²) in [6.07, 6.45) is 0.803. The Hall–Kier alpha value is -1.84. The number of aromatic amines is 1. The molecule has 1 aromatic heterocycles. The monoisotopic (exact) mass is 244 g/mol. The lowest BCUT2D eigenvalue weighted by molar-refractivity contribution is 0.0958. The van der Waals surface area contributed by atoms with Crippen molar-refractivity contribution in [3.8, 4) is 0 Å². The van der Waals surface area contributed by atoms with Gasteiger partial charge in [0.15, 0.2) is 0 Å². The van der Waals surface area contributed by atoms with Crippen molar-refractivity contribution in [3.05, 3.63) is 33.8 Å². The van der Waals surface area contributed by atoms with Crippen LogP contribution in [0.15, 0.2) is 11.3 Å². The number of hydrogen-bond acceptors (Lipinski definition) is 3. The van der Waals surface area contributed by atoms with E-state index in [1.807, 2.05) is 18.7 Å². The van der Waals surface area contributed by atoms with Gasteiger partial charge in [0.05, 0.1) is 17.0 Å². The highest BCUT2D eigenvalue weighted by Gasteiger charge is 2.39. The molecule has 3 rings (SSSR count). The quantitative estimate of drug-likeness (QED) is 0.808. The smallest absolute Gasteiger partial charge is 0.212 e. The molecule has 0 saturated carbocycles. The van der Waals surface area contributed by atoms with Crippen molar-refractivity contribution in [2.45, 2.75) is 27.2 Å². The molecule has 1 aliphatic heterocycles. The fourth-order valence-corrected chi connectivity index (χ4v) is 2.69. The normalized spacial score (nSPS) is 18.5. The van der Waals surface area contributed by atoms with E-state index in [4.69, 9.17) is 0 Å². The van der Waals surface area contributed by atoms with Crippen LogP contribution in [0.1, 0.15) is 46.0 Å². The molecule has 18 heavy (non-hydrogen) atoms. The summed E-state index contributed by atoms with van der Waals surface area (Å²) in [5, 5.41) is 0. The standard InChI is InChI=1S/C14H16N2O2/c1-4-9-7(2)10-11(15-9)13(17)8(3)12(14(10)18)16-5-6-16/h15H,4-6H2,1-3H3. The van der Waals surface area contributed by atoms with Gasteiger partial charge in [0, 0.05) is 24.4 Å². The molecule has 1 aliphatic carbocycles. The molecule has 0 radical (unpaired) electrons. The molecule has 0 amide bonds. The molecule has 4 nitrogen and oxygen atoms in total. The lowest BCUT2D eigenvalue weighted by Crippen LogP contribution is -2.24. The molecule has 1 N–H and O–H groups in total. The van der Waals surface area contributed by atoms with E-state index in [0.29, 0.717) is 22.5 Å². The van der Waals surface area contributed by atoms with E-state index in [1.54, 1.807) is 6.92 Å². The average Bonchev–Trinajstić information content (AvgIpc) is 3.10. The Morgan fingerprint density at radius 3 is 2.39 bits per heavy atom. The van der Waals surface area contributed by atoms with Crippen molar-refractivity contribution in [1.82, 2.24) is 9.88 Å². The zero-order valence-electron chi connectivity index (χ0n) is 10.9. The maximum absolute atomic E-state index is 12.5. The van der Waals surface area contributed by atoms with Crippen LogP contribution in [0, 0.1) is 6.92 Å². The largest absolute Gasteiger partial charge is 0.364 e. The molecule has 0 spiro atoms. The van der Waals surface area contributed by atoms with Gasteiger partial charge in [0.25, 0.3) is 0 Å². The number of Topliss-reactive ketones (excluding diaryl/α,β-unsaturated/α-hetero) is 2. The van der Waals surface area contributed by atoms with Crippen molar-refractivity contribution < 1.29 is 9.59 Å². The summed E-state index contributed by atoms with van der Waals surface area (Å²) in [4.78, 5) is 29.9. The average molecular weight is 244 g/mol. The molecule has 1 aromatic rings. The fourth-order valence-electron chi connectivity index (χ4n) is 2.69. The summed E-state index contributed by atoms with van der Waals surface area (Å²) in [5.41, 5.74) is 4.17.